The minimum Gasteiger partial charge on any atom is -0.380 e. The van der Waals surface area contributed by atoms with Crippen LogP contribution >= 0.6 is 0 Å². The normalized spacial score (nSPS) is 39.0. The van der Waals surface area contributed by atoms with Crippen LogP contribution in [0.15, 0.2) is 0 Å². The average Bonchev–Trinajstić information content (AvgIpc) is 2.67. The minimum atomic E-state index is 0.738. The Morgan fingerprint density at radius 1 is 0.944 bits per heavy atom. The zero-order valence-corrected chi connectivity index (χ0v) is 11.6. The van der Waals surface area contributed by atoms with Crippen LogP contribution in [0.4, 0.5) is 0 Å². The highest BCUT2D eigenvalue weighted by Crippen LogP contribution is 2.32. The van der Waals surface area contributed by atoms with Gasteiger partial charge in [-0.25, -0.2) is 0 Å². The fourth-order valence-electron chi connectivity index (χ4n) is 4.01. The van der Waals surface area contributed by atoms with Crippen LogP contribution in [-0.2, 0) is 4.74 Å². The molecule has 1 N–H and O–H groups in total. The Balaban J connectivity index is 1.48. The summed E-state index contributed by atoms with van der Waals surface area (Å²) in [5, 5.41) is 3.94. The number of hydrogen-bond acceptors (Lipinski definition) is 3. The monoisotopic (exact) mass is 252 g/mol. The molecule has 2 aliphatic heterocycles. The first-order chi connectivity index (χ1) is 8.92. The average molecular weight is 252 g/mol. The summed E-state index contributed by atoms with van der Waals surface area (Å²) in [5.41, 5.74) is 0. The highest BCUT2D eigenvalue weighted by atomic mass is 16.5. The van der Waals surface area contributed by atoms with E-state index < -0.39 is 0 Å². The molecule has 2 heterocycles. The molecule has 0 aromatic rings. The maximum atomic E-state index is 5.54. The number of hydrogen-bond donors (Lipinski definition) is 1. The number of piperidine rings is 1. The lowest BCUT2D eigenvalue weighted by Crippen LogP contribution is -2.53. The number of rotatable bonds is 2. The molecule has 0 bridgehead atoms. The number of ether oxygens (including phenoxy) is 1. The van der Waals surface area contributed by atoms with E-state index in [4.69, 9.17) is 4.74 Å². The molecule has 0 amide bonds. The van der Waals surface area contributed by atoms with Crippen LogP contribution in [-0.4, -0.2) is 49.8 Å². The van der Waals surface area contributed by atoms with E-state index in [0.29, 0.717) is 0 Å². The lowest BCUT2D eigenvalue weighted by molar-refractivity contribution is 0.126. The van der Waals surface area contributed by atoms with Crippen molar-refractivity contribution in [2.75, 3.05) is 32.8 Å². The first kappa shape index (κ1) is 12.9. The standard InChI is InChI=1S/C15H28N2O/c1-2-5-15-13(4-1)6-7-14(16-15)12-17-8-3-10-18-11-9-17/h13-16H,1-12H2. The SMILES string of the molecule is C1CCC2NC(CN3CCCOCC3)CCC2C1. The largest absolute Gasteiger partial charge is 0.380 e. The van der Waals surface area contributed by atoms with Gasteiger partial charge in [0.1, 0.15) is 0 Å². The van der Waals surface area contributed by atoms with Crippen molar-refractivity contribution in [1.82, 2.24) is 10.2 Å². The van der Waals surface area contributed by atoms with Crippen molar-refractivity contribution in [3.63, 3.8) is 0 Å². The van der Waals surface area contributed by atoms with Crippen molar-refractivity contribution in [3.8, 4) is 0 Å². The van der Waals surface area contributed by atoms with Gasteiger partial charge in [0, 0.05) is 38.3 Å². The molecule has 3 heteroatoms. The van der Waals surface area contributed by atoms with Crippen LogP contribution in [0.2, 0.25) is 0 Å². The summed E-state index contributed by atoms with van der Waals surface area (Å²) in [4.78, 5) is 2.60. The van der Waals surface area contributed by atoms with Crippen molar-refractivity contribution < 1.29 is 4.74 Å². The highest BCUT2D eigenvalue weighted by molar-refractivity contribution is 4.90. The summed E-state index contributed by atoms with van der Waals surface area (Å²) >= 11 is 0. The van der Waals surface area contributed by atoms with E-state index in [1.807, 2.05) is 0 Å². The van der Waals surface area contributed by atoms with Crippen LogP contribution in [0.25, 0.3) is 0 Å². The molecule has 0 aromatic carbocycles. The number of nitrogens with one attached hydrogen (secondary N) is 1. The molecule has 3 fully saturated rings. The molecule has 0 aromatic heterocycles. The molecule has 3 atom stereocenters. The van der Waals surface area contributed by atoms with Gasteiger partial charge in [-0.2, -0.15) is 0 Å². The second-order valence-corrected chi connectivity index (χ2v) is 6.36. The molecule has 3 unspecified atom stereocenters. The number of fused-ring (bicyclic) bond motifs is 1. The van der Waals surface area contributed by atoms with Gasteiger partial charge >= 0.3 is 0 Å². The Labute approximate surface area is 111 Å². The molecule has 0 spiro atoms. The molecule has 3 rings (SSSR count). The minimum absolute atomic E-state index is 0.738. The van der Waals surface area contributed by atoms with Crippen molar-refractivity contribution in [3.05, 3.63) is 0 Å². The molecular weight excluding hydrogens is 224 g/mol. The van der Waals surface area contributed by atoms with Gasteiger partial charge < -0.3 is 10.1 Å². The van der Waals surface area contributed by atoms with Crippen molar-refractivity contribution in [2.45, 2.75) is 57.0 Å². The molecular formula is C15H28N2O. The first-order valence-electron chi connectivity index (χ1n) is 7.98. The third-order valence-electron chi connectivity index (χ3n) is 5.04. The molecule has 3 aliphatic rings. The van der Waals surface area contributed by atoms with Gasteiger partial charge in [-0.05, 0) is 38.0 Å². The van der Waals surface area contributed by atoms with Crippen LogP contribution in [0.3, 0.4) is 0 Å². The van der Waals surface area contributed by atoms with Gasteiger partial charge in [0.25, 0.3) is 0 Å². The Morgan fingerprint density at radius 2 is 1.89 bits per heavy atom. The van der Waals surface area contributed by atoms with Gasteiger partial charge in [-0.3, -0.25) is 4.90 Å². The Hall–Kier alpha value is -0.120. The quantitative estimate of drug-likeness (QED) is 0.814. The van der Waals surface area contributed by atoms with Crippen LogP contribution in [0.5, 0.6) is 0 Å². The number of nitrogens with zero attached hydrogens (tertiary/aromatic N) is 1. The molecule has 0 radical (unpaired) electrons. The fourth-order valence-corrected chi connectivity index (χ4v) is 4.01. The third kappa shape index (κ3) is 3.25. The van der Waals surface area contributed by atoms with Crippen molar-refractivity contribution in [1.29, 1.82) is 0 Å². The van der Waals surface area contributed by atoms with E-state index in [0.717, 1.165) is 37.8 Å². The summed E-state index contributed by atoms with van der Waals surface area (Å²) in [6.07, 6.45) is 9.87. The summed E-state index contributed by atoms with van der Waals surface area (Å²) in [6, 6.07) is 1.57. The summed E-state index contributed by atoms with van der Waals surface area (Å²) < 4.78 is 5.54. The highest BCUT2D eigenvalue weighted by Gasteiger charge is 2.32. The lowest BCUT2D eigenvalue weighted by atomic mass is 9.78. The van der Waals surface area contributed by atoms with E-state index in [-0.39, 0.29) is 0 Å². The third-order valence-corrected chi connectivity index (χ3v) is 5.04. The van der Waals surface area contributed by atoms with E-state index in [1.54, 1.807) is 0 Å². The van der Waals surface area contributed by atoms with Gasteiger partial charge in [0.2, 0.25) is 0 Å². The smallest absolute Gasteiger partial charge is 0.0593 e. The van der Waals surface area contributed by atoms with Crippen molar-refractivity contribution >= 4 is 0 Å². The topological polar surface area (TPSA) is 24.5 Å². The van der Waals surface area contributed by atoms with Crippen LogP contribution < -0.4 is 5.32 Å². The molecule has 3 nitrogen and oxygen atoms in total. The van der Waals surface area contributed by atoms with Gasteiger partial charge in [-0.1, -0.05) is 12.8 Å². The Morgan fingerprint density at radius 3 is 2.89 bits per heavy atom. The second kappa shape index (κ2) is 6.36. The summed E-state index contributed by atoms with van der Waals surface area (Å²) in [5.74, 6) is 0.988. The maximum Gasteiger partial charge on any atom is 0.0593 e. The van der Waals surface area contributed by atoms with Crippen LogP contribution in [0, 0.1) is 5.92 Å². The Bertz CT molecular complexity index is 251. The second-order valence-electron chi connectivity index (χ2n) is 6.36. The molecule has 2 saturated heterocycles. The molecule has 1 aliphatic carbocycles. The van der Waals surface area contributed by atoms with E-state index in [9.17, 15) is 0 Å². The summed E-state index contributed by atoms with van der Waals surface area (Å²) in [6.45, 7) is 5.49. The predicted octanol–water partition coefficient (Wildman–Crippen LogP) is 2.02. The summed E-state index contributed by atoms with van der Waals surface area (Å²) in [7, 11) is 0. The molecule has 1 saturated carbocycles. The predicted molar refractivity (Wildman–Crippen MR) is 73.8 cm³/mol. The van der Waals surface area contributed by atoms with Crippen molar-refractivity contribution in [2.24, 2.45) is 5.92 Å². The van der Waals surface area contributed by atoms with Crippen LogP contribution in [0.1, 0.15) is 44.9 Å². The zero-order chi connectivity index (χ0) is 12.2. The zero-order valence-electron chi connectivity index (χ0n) is 11.6. The first-order valence-corrected chi connectivity index (χ1v) is 7.98. The van der Waals surface area contributed by atoms with E-state index >= 15 is 0 Å². The molecule has 104 valence electrons. The lowest BCUT2D eigenvalue weighted by Gasteiger charge is -2.41. The van der Waals surface area contributed by atoms with Gasteiger partial charge in [-0.15, -0.1) is 0 Å². The van der Waals surface area contributed by atoms with E-state index in [1.165, 1.54) is 58.0 Å². The van der Waals surface area contributed by atoms with Gasteiger partial charge in [0.05, 0.1) is 6.61 Å². The molecule has 18 heavy (non-hydrogen) atoms. The fraction of sp³-hybridized carbons (Fsp3) is 1.00. The van der Waals surface area contributed by atoms with Gasteiger partial charge in [0.15, 0.2) is 0 Å². The Kier molecular flexibility index (Phi) is 4.55. The van der Waals surface area contributed by atoms with E-state index in [2.05, 4.69) is 10.2 Å². The maximum absolute atomic E-state index is 5.54.